The van der Waals surface area contributed by atoms with Crippen LogP contribution in [0.3, 0.4) is 0 Å². The molecule has 0 aliphatic rings. The second-order valence-electron chi connectivity index (χ2n) is 1.71. The summed E-state index contributed by atoms with van der Waals surface area (Å²) in [5.41, 5.74) is 0. The van der Waals surface area contributed by atoms with Gasteiger partial charge in [-0.1, -0.05) is 0 Å². The van der Waals surface area contributed by atoms with Crippen LogP contribution in [0.4, 0.5) is 5.95 Å². The van der Waals surface area contributed by atoms with Gasteiger partial charge in [-0.3, -0.25) is 4.72 Å². The van der Waals surface area contributed by atoms with Crippen LogP contribution in [0.1, 0.15) is 0 Å². The number of anilines is 1. The minimum atomic E-state index is -3.23. The minimum absolute atomic E-state index is 0.127. The first-order valence-corrected chi connectivity index (χ1v) is 4.30. The van der Waals surface area contributed by atoms with Crippen LogP contribution in [0.25, 0.3) is 0 Å². The van der Waals surface area contributed by atoms with Crippen molar-refractivity contribution in [3.8, 4) is 0 Å². The Labute approximate surface area is 57.7 Å². The first-order chi connectivity index (χ1) is 4.58. The average molecular weight is 162 g/mol. The van der Waals surface area contributed by atoms with Gasteiger partial charge in [-0.2, -0.15) is 10.1 Å². The molecule has 0 unspecified atom stereocenters. The second kappa shape index (κ2) is 2.25. The Balaban J connectivity index is 2.75. The quantitative estimate of drug-likeness (QED) is 0.594. The predicted octanol–water partition coefficient (Wildman–Crippen LogP) is -0.824. The Morgan fingerprint density at radius 2 is 2.40 bits per heavy atom. The van der Waals surface area contributed by atoms with Crippen molar-refractivity contribution in [1.29, 1.82) is 0 Å². The fraction of sp³-hybridized carbons (Fsp3) is 0.333. The number of hydrogen-bond acceptors (Lipinski definition) is 4. The SMILES string of the molecule is CS(=O)(=O)Nc1ncn[nH]1. The van der Waals surface area contributed by atoms with Gasteiger partial charge in [0.2, 0.25) is 16.0 Å². The van der Waals surface area contributed by atoms with E-state index in [-0.39, 0.29) is 5.95 Å². The fourth-order valence-electron chi connectivity index (χ4n) is 0.430. The molecular formula is C3H6N4O2S. The number of sulfonamides is 1. The van der Waals surface area contributed by atoms with Crippen molar-refractivity contribution in [2.75, 3.05) is 11.0 Å². The molecule has 0 spiro atoms. The van der Waals surface area contributed by atoms with Gasteiger partial charge in [0.05, 0.1) is 6.26 Å². The Morgan fingerprint density at radius 3 is 2.80 bits per heavy atom. The van der Waals surface area contributed by atoms with E-state index >= 15 is 0 Å². The molecule has 10 heavy (non-hydrogen) atoms. The molecule has 1 aromatic rings. The lowest BCUT2D eigenvalue weighted by Gasteiger charge is -1.94. The summed E-state index contributed by atoms with van der Waals surface area (Å²) in [7, 11) is -3.23. The van der Waals surface area contributed by atoms with Crippen molar-refractivity contribution in [3.63, 3.8) is 0 Å². The van der Waals surface area contributed by atoms with Gasteiger partial charge in [-0.05, 0) is 0 Å². The molecule has 0 bridgehead atoms. The van der Waals surface area contributed by atoms with Gasteiger partial charge < -0.3 is 0 Å². The average Bonchev–Trinajstić information content (AvgIpc) is 2.12. The molecule has 0 fully saturated rings. The zero-order chi connectivity index (χ0) is 7.61. The van der Waals surface area contributed by atoms with E-state index in [2.05, 4.69) is 19.9 Å². The smallest absolute Gasteiger partial charge is 0.232 e. The normalized spacial score (nSPS) is 11.3. The maximum atomic E-state index is 10.5. The molecule has 2 N–H and O–H groups in total. The number of hydrogen-bond donors (Lipinski definition) is 2. The van der Waals surface area contributed by atoms with E-state index in [1.165, 1.54) is 6.33 Å². The van der Waals surface area contributed by atoms with Crippen LogP contribution in [0.15, 0.2) is 6.33 Å². The summed E-state index contributed by atoms with van der Waals surface area (Å²) in [6.45, 7) is 0. The predicted molar refractivity (Wildman–Crippen MR) is 34.8 cm³/mol. The largest absolute Gasteiger partial charge is 0.252 e. The monoisotopic (exact) mass is 162 g/mol. The minimum Gasteiger partial charge on any atom is -0.252 e. The first kappa shape index (κ1) is 7.00. The van der Waals surface area contributed by atoms with Gasteiger partial charge in [-0.15, -0.1) is 0 Å². The molecule has 0 atom stereocenters. The summed E-state index contributed by atoms with van der Waals surface area (Å²) < 4.78 is 23.1. The molecule has 0 aromatic carbocycles. The van der Waals surface area contributed by atoms with E-state index in [1.54, 1.807) is 0 Å². The number of nitrogens with zero attached hydrogens (tertiary/aromatic N) is 2. The molecule has 0 saturated carbocycles. The van der Waals surface area contributed by atoms with E-state index in [4.69, 9.17) is 0 Å². The van der Waals surface area contributed by atoms with Crippen molar-refractivity contribution >= 4 is 16.0 Å². The highest BCUT2D eigenvalue weighted by Crippen LogP contribution is 1.94. The van der Waals surface area contributed by atoms with E-state index < -0.39 is 10.0 Å². The molecule has 1 aromatic heterocycles. The van der Waals surface area contributed by atoms with Crippen molar-refractivity contribution in [2.24, 2.45) is 0 Å². The standard InChI is InChI=1S/C3H6N4O2S/c1-10(8,9)7-3-4-2-5-6-3/h2H,1H3,(H2,4,5,6,7). The summed E-state index contributed by atoms with van der Waals surface area (Å²) in [5, 5.41) is 5.79. The zero-order valence-electron chi connectivity index (χ0n) is 5.20. The number of aromatic amines is 1. The summed E-state index contributed by atoms with van der Waals surface area (Å²) >= 11 is 0. The molecule has 1 heterocycles. The number of rotatable bonds is 2. The van der Waals surface area contributed by atoms with E-state index in [9.17, 15) is 8.42 Å². The molecule has 0 radical (unpaired) electrons. The van der Waals surface area contributed by atoms with Crippen LogP contribution in [0.2, 0.25) is 0 Å². The van der Waals surface area contributed by atoms with Gasteiger partial charge in [0.1, 0.15) is 6.33 Å². The topological polar surface area (TPSA) is 87.7 Å². The van der Waals surface area contributed by atoms with Gasteiger partial charge in [0.15, 0.2) is 0 Å². The maximum absolute atomic E-state index is 10.5. The third kappa shape index (κ3) is 2.02. The van der Waals surface area contributed by atoms with Crippen LogP contribution >= 0.6 is 0 Å². The summed E-state index contributed by atoms with van der Waals surface area (Å²) in [5.74, 6) is 0.127. The lowest BCUT2D eigenvalue weighted by Crippen LogP contribution is -2.10. The van der Waals surface area contributed by atoms with Crippen LogP contribution in [-0.4, -0.2) is 29.9 Å². The highest BCUT2D eigenvalue weighted by atomic mass is 32.2. The van der Waals surface area contributed by atoms with Crippen LogP contribution in [0.5, 0.6) is 0 Å². The summed E-state index contributed by atoms with van der Waals surface area (Å²) in [4.78, 5) is 3.54. The summed E-state index contributed by atoms with van der Waals surface area (Å²) in [6, 6.07) is 0. The zero-order valence-corrected chi connectivity index (χ0v) is 6.01. The van der Waals surface area contributed by atoms with Crippen molar-refractivity contribution in [1.82, 2.24) is 15.2 Å². The third-order valence-electron chi connectivity index (χ3n) is 0.697. The molecule has 7 heteroatoms. The highest BCUT2D eigenvalue weighted by Gasteiger charge is 2.01. The molecule has 1 rings (SSSR count). The van der Waals surface area contributed by atoms with Crippen molar-refractivity contribution in [3.05, 3.63) is 6.33 Å². The molecular weight excluding hydrogens is 156 g/mol. The number of H-pyrrole nitrogens is 1. The fourth-order valence-corrected chi connectivity index (χ4v) is 0.880. The Kier molecular flexibility index (Phi) is 1.58. The summed E-state index contributed by atoms with van der Waals surface area (Å²) in [6.07, 6.45) is 2.25. The molecule has 0 aliphatic heterocycles. The third-order valence-corrected chi connectivity index (χ3v) is 1.26. The van der Waals surface area contributed by atoms with Crippen LogP contribution < -0.4 is 4.72 Å². The Morgan fingerprint density at radius 1 is 1.70 bits per heavy atom. The lowest BCUT2D eigenvalue weighted by molar-refractivity contribution is 0.606. The lowest BCUT2D eigenvalue weighted by atomic mass is 11.1. The van der Waals surface area contributed by atoms with Gasteiger partial charge >= 0.3 is 0 Å². The molecule has 0 aliphatic carbocycles. The maximum Gasteiger partial charge on any atom is 0.232 e. The Bertz CT molecular complexity index is 288. The van der Waals surface area contributed by atoms with Gasteiger partial charge in [-0.25, -0.2) is 13.5 Å². The van der Waals surface area contributed by atoms with E-state index in [0.29, 0.717) is 0 Å². The van der Waals surface area contributed by atoms with Crippen LogP contribution in [-0.2, 0) is 10.0 Å². The van der Waals surface area contributed by atoms with Gasteiger partial charge in [0, 0.05) is 0 Å². The van der Waals surface area contributed by atoms with E-state index in [0.717, 1.165) is 6.26 Å². The molecule has 0 amide bonds. The number of nitrogens with one attached hydrogen (secondary N) is 2. The van der Waals surface area contributed by atoms with E-state index in [1.807, 2.05) is 0 Å². The molecule has 0 saturated heterocycles. The van der Waals surface area contributed by atoms with Crippen LogP contribution in [0, 0.1) is 0 Å². The number of aromatic nitrogens is 3. The van der Waals surface area contributed by atoms with Gasteiger partial charge in [0.25, 0.3) is 0 Å². The van der Waals surface area contributed by atoms with Crippen molar-refractivity contribution in [2.45, 2.75) is 0 Å². The second-order valence-corrected chi connectivity index (χ2v) is 3.46. The highest BCUT2D eigenvalue weighted by molar-refractivity contribution is 7.91. The van der Waals surface area contributed by atoms with Crippen molar-refractivity contribution < 1.29 is 8.42 Å². The Hall–Kier alpha value is -1.11. The molecule has 56 valence electrons. The first-order valence-electron chi connectivity index (χ1n) is 2.41. The molecule has 6 nitrogen and oxygen atoms in total.